The van der Waals surface area contributed by atoms with Crippen molar-refractivity contribution in [3.05, 3.63) is 59.8 Å². The van der Waals surface area contributed by atoms with E-state index in [0.717, 1.165) is 17.9 Å². The molecule has 12 heteroatoms. The molecule has 0 radical (unpaired) electrons. The number of carbonyl (C=O) groups is 1. The molecule has 0 bridgehead atoms. The van der Waals surface area contributed by atoms with Crippen molar-refractivity contribution in [2.45, 2.75) is 25.9 Å². The highest BCUT2D eigenvalue weighted by molar-refractivity contribution is 6.46. The fourth-order valence-electron chi connectivity index (χ4n) is 2.73. The maximum atomic E-state index is 12.1. The number of benzene rings is 1. The van der Waals surface area contributed by atoms with E-state index < -0.39 is 12.6 Å². The van der Waals surface area contributed by atoms with Gasteiger partial charge in [-0.25, -0.2) is 14.8 Å². The number of amidine groups is 1. The number of hydrogen-bond donors (Lipinski definition) is 3. The quantitative estimate of drug-likeness (QED) is 0.238. The molecule has 1 fully saturated rings. The summed E-state index contributed by atoms with van der Waals surface area (Å²) in [4.78, 5) is 21.8. The molecule has 0 saturated carbocycles. The van der Waals surface area contributed by atoms with E-state index in [4.69, 9.17) is 30.0 Å². The molecule has 0 spiro atoms. The number of nitrogens with zero attached hydrogens (tertiary/aromatic N) is 4. The summed E-state index contributed by atoms with van der Waals surface area (Å²) >= 11 is 0. The van der Waals surface area contributed by atoms with Crippen molar-refractivity contribution in [2.24, 2.45) is 10.4 Å². The van der Waals surface area contributed by atoms with Crippen LogP contribution in [0.3, 0.4) is 0 Å². The van der Waals surface area contributed by atoms with Gasteiger partial charge in [0.25, 0.3) is 0 Å². The molecule has 1 aliphatic heterocycles. The Kier molecular flexibility index (Phi) is 8.79. The van der Waals surface area contributed by atoms with Gasteiger partial charge in [0.15, 0.2) is 18.2 Å². The number of pyridine rings is 1. The summed E-state index contributed by atoms with van der Waals surface area (Å²) < 4.78 is 15.7. The van der Waals surface area contributed by atoms with Gasteiger partial charge in [-0.15, -0.1) is 0 Å². The van der Waals surface area contributed by atoms with Crippen molar-refractivity contribution < 1.29 is 23.8 Å². The summed E-state index contributed by atoms with van der Waals surface area (Å²) in [5.74, 6) is 0.146. The van der Waals surface area contributed by atoms with Gasteiger partial charge in [-0.2, -0.15) is 5.53 Å². The van der Waals surface area contributed by atoms with Crippen LogP contribution in [-0.4, -0.2) is 54.4 Å². The lowest BCUT2D eigenvalue weighted by Crippen LogP contribution is -2.29. The Morgan fingerprint density at radius 3 is 2.61 bits per heavy atom. The van der Waals surface area contributed by atoms with Gasteiger partial charge in [0, 0.05) is 12.6 Å². The summed E-state index contributed by atoms with van der Waals surface area (Å²) in [5, 5.41) is 19.1. The lowest BCUT2D eigenvalue weighted by atomic mass is 10.1. The first-order valence-corrected chi connectivity index (χ1v) is 10.2. The second-order valence-corrected chi connectivity index (χ2v) is 6.83. The topological polar surface area (TPSA) is 155 Å². The van der Waals surface area contributed by atoms with Crippen LogP contribution in [0.2, 0.25) is 0 Å². The van der Waals surface area contributed by atoms with Crippen LogP contribution in [0.25, 0.3) is 0 Å². The Morgan fingerprint density at radius 1 is 1.18 bits per heavy atom. The molecule has 1 amide bonds. The predicted octanol–water partition coefficient (Wildman–Crippen LogP) is 3.52. The first-order chi connectivity index (χ1) is 16.1. The number of carbonyl (C=O) groups excluding carboxylic acids is 1. The number of hydrogen-bond acceptors (Lipinski definition) is 10. The summed E-state index contributed by atoms with van der Waals surface area (Å²) in [7, 11) is 1.47. The minimum Gasteiger partial charge on any atom is -0.394 e. The fourth-order valence-corrected chi connectivity index (χ4v) is 2.73. The number of amides is 1. The largest absolute Gasteiger partial charge is 0.416 e. The molecule has 174 valence electrons. The highest BCUT2D eigenvalue weighted by Crippen LogP contribution is 2.11. The molecule has 33 heavy (non-hydrogen) atoms. The average molecular weight is 455 g/mol. The number of likely N-dealkylation sites (N-methyl/N-ethyl adjacent to an activating group) is 1. The van der Waals surface area contributed by atoms with Crippen LogP contribution in [0.4, 0.5) is 10.6 Å². The molecule has 12 nitrogen and oxygen atoms in total. The van der Waals surface area contributed by atoms with Crippen molar-refractivity contribution in [3.63, 3.8) is 0 Å². The normalized spacial score (nSPS) is 14.6. The second-order valence-electron chi connectivity index (χ2n) is 6.83. The van der Waals surface area contributed by atoms with Gasteiger partial charge in [0.1, 0.15) is 5.82 Å². The highest BCUT2D eigenvalue weighted by atomic mass is 16.9. The molecule has 3 rings (SSSR count). The molecule has 1 aromatic heterocycles. The van der Waals surface area contributed by atoms with Crippen LogP contribution in [0, 0.1) is 10.9 Å². The first kappa shape index (κ1) is 23.8. The van der Waals surface area contributed by atoms with E-state index in [2.05, 4.69) is 20.7 Å². The SMILES string of the molecule is CN(N=N)C(=N)C(=NOCc1cccc(NC(=O)OC2OCCCCO2)n1)c1ccccc1. The molecule has 2 heterocycles. The van der Waals surface area contributed by atoms with Crippen molar-refractivity contribution in [2.75, 3.05) is 25.6 Å². The molecular weight excluding hydrogens is 430 g/mol. The van der Waals surface area contributed by atoms with E-state index in [0.29, 0.717) is 24.5 Å². The van der Waals surface area contributed by atoms with E-state index in [1.54, 1.807) is 42.5 Å². The second kappa shape index (κ2) is 12.2. The Labute approximate surface area is 190 Å². The predicted molar refractivity (Wildman–Crippen MR) is 118 cm³/mol. The van der Waals surface area contributed by atoms with Crippen molar-refractivity contribution in [1.82, 2.24) is 9.99 Å². The summed E-state index contributed by atoms with van der Waals surface area (Å²) in [6.07, 6.45) is 0.924. The van der Waals surface area contributed by atoms with Gasteiger partial charge in [-0.1, -0.05) is 46.8 Å². The van der Waals surface area contributed by atoms with Crippen LogP contribution in [0.1, 0.15) is 24.1 Å². The van der Waals surface area contributed by atoms with Crippen molar-refractivity contribution in [3.8, 4) is 0 Å². The fraction of sp³-hybridized carbons (Fsp3) is 0.333. The number of rotatable bonds is 8. The van der Waals surface area contributed by atoms with Gasteiger partial charge in [-0.3, -0.25) is 10.7 Å². The Hall–Kier alpha value is -3.90. The molecule has 0 unspecified atom stereocenters. The summed E-state index contributed by atoms with van der Waals surface area (Å²) in [5.41, 5.74) is 8.44. The van der Waals surface area contributed by atoms with Crippen LogP contribution < -0.4 is 5.32 Å². The van der Waals surface area contributed by atoms with E-state index >= 15 is 0 Å². The van der Waals surface area contributed by atoms with Crippen LogP contribution in [0.5, 0.6) is 0 Å². The lowest BCUT2D eigenvalue weighted by molar-refractivity contribution is -0.248. The van der Waals surface area contributed by atoms with Gasteiger partial charge in [-0.05, 0) is 25.0 Å². The monoisotopic (exact) mass is 455 g/mol. The maximum Gasteiger partial charge on any atom is 0.416 e. The van der Waals surface area contributed by atoms with Crippen LogP contribution >= 0.6 is 0 Å². The zero-order chi connectivity index (χ0) is 23.5. The molecule has 0 aliphatic carbocycles. The highest BCUT2D eigenvalue weighted by Gasteiger charge is 2.18. The number of anilines is 1. The Balaban J connectivity index is 1.61. The Bertz CT molecular complexity index is 978. The molecule has 1 saturated heterocycles. The third-order valence-corrected chi connectivity index (χ3v) is 4.40. The number of aromatic nitrogens is 1. The zero-order valence-corrected chi connectivity index (χ0v) is 18.1. The maximum absolute atomic E-state index is 12.1. The molecule has 0 atom stereocenters. The van der Waals surface area contributed by atoms with Crippen LogP contribution in [-0.2, 0) is 25.7 Å². The van der Waals surface area contributed by atoms with E-state index in [9.17, 15) is 4.79 Å². The molecule has 1 aliphatic rings. The third kappa shape index (κ3) is 7.33. The zero-order valence-electron chi connectivity index (χ0n) is 18.1. The third-order valence-electron chi connectivity index (χ3n) is 4.40. The Morgan fingerprint density at radius 2 is 1.91 bits per heavy atom. The standard InChI is InChI=1S/C21H25N7O5/c1-28(27-23)19(22)18(15-8-3-2-4-9-15)26-32-14-16-10-7-11-17(24-16)25-20(29)33-21-30-12-5-6-13-31-21/h2-4,7-11,21-23H,5-6,12-14H2,1H3,(H,24,25,29). The van der Waals surface area contributed by atoms with Gasteiger partial charge in [0.05, 0.1) is 18.9 Å². The molecular formula is C21H25N7O5. The molecule has 1 aromatic carbocycles. The van der Waals surface area contributed by atoms with E-state index in [1.165, 1.54) is 7.05 Å². The lowest BCUT2D eigenvalue weighted by Gasteiger charge is -2.15. The number of nitrogens with one attached hydrogen (secondary N) is 3. The molecule has 3 N–H and O–H groups in total. The minimum atomic E-state index is -1.05. The van der Waals surface area contributed by atoms with Gasteiger partial charge < -0.3 is 19.0 Å². The van der Waals surface area contributed by atoms with Crippen molar-refractivity contribution in [1.29, 1.82) is 10.9 Å². The summed E-state index contributed by atoms with van der Waals surface area (Å²) in [6.45, 7) is -0.159. The van der Waals surface area contributed by atoms with Crippen molar-refractivity contribution >= 4 is 23.5 Å². The smallest absolute Gasteiger partial charge is 0.394 e. The van der Waals surface area contributed by atoms with Crippen LogP contribution in [0.15, 0.2) is 58.9 Å². The summed E-state index contributed by atoms with van der Waals surface area (Å²) in [6, 6.07) is 14.0. The van der Waals surface area contributed by atoms with Gasteiger partial charge in [0.2, 0.25) is 0 Å². The van der Waals surface area contributed by atoms with E-state index in [1.807, 2.05) is 6.07 Å². The molecule has 2 aromatic rings. The number of oxime groups is 1. The first-order valence-electron chi connectivity index (χ1n) is 10.2. The number of ether oxygens (including phenoxy) is 3. The minimum absolute atomic E-state index is 0.0231. The van der Waals surface area contributed by atoms with Gasteiger partial charge >= 0.3 is 12.6 Å². The average Bonchev–Trinajstić information content (AvgIpc) is 3.10. The van der Waals surface area contributed by atoms with E-state index in [-0.39, 0.29) is 24.0 Å².